The number of aromatic nitrogens is 1. The van der Waals surface area contributed by atoms with E-state index >= 15 is 0 Å². The molecule has 3 aliphatic rings. The molecule has 2 bridgehead atoms. The van der Waals surface area contributed by atoms with Crippen LogP contribution in [0.3, 0.4) is 0 Å². The van der Waals surface area contributed by atoms with Crippen LogP contribution in [0.5, 0.6) is 0 Å². The zero-order valence-electron chi connectivity index (χ0n) is 13.1. The number of hydrazone groups is 1. The van der Waals surface area contributed by atoms with E-state index in [9.17, 15) is 0 Å². The number of halogens is 1. The van der Waals surface area contributed by atoms with Gasteiger partial charge >= 0.3 is 28.3 Å². The van der Waals surface area contributed by atoms with Gasteiger partial charge in [0.2, 0.25) is 0 Å². The molecular weight excluding hydrogens is 424 g/mol. The fourth-order valence-electron chi connectivity index (χ4n) is 3.30. The Morgan fingerprint density at radius 1 is 1.26 bits per heavy atom. The van der Waals surface area contributed by atoms with Gasteiger partial charge in [-0.25, -0.2) is 0 Å². The summed E-state index contributed by atoms with van der Waals surface area (Å²) in [6.45, 7) is 4.12. The molecule has 1 saturated carbocycles. The molecule has 0 unspecified atom stereocenters. The molecule has 1 N–H and O–H groups in total. The van der Waals surface area contributed by atoms with Crippen molar-refractivity contribution in [3.8, 4) is 0 Å². The third kappa shape index (κ3) is 5.52. The molecule has 0 spiro atoms. The van der Waals surface area contributed by atoms with Crippen LogP contribution in [0.25, 0.3) is 0 Å². The van der Waals surface area contributed by atoms with Gasteiger partial charge in [0.05, 0.1) is 11.4 Å². The zero-order valence-corrected chi connectivity index (χ0v) is 16.5. The molecule has 23 heavy (non-hydrogen) atoms. The van der Waals surface area contributed by atoms with Crippen molar-refractivity contribution >= 4 is 37.2 Å². The van der Waals surface area contributed by atoms with Gasteiger partial charge in [0.1, 0.15) is 0 Å². The number of nitrogens with zero attached hydrogens (tertiary/aromatic N) is 3. The Morgan fingerprint density at radius 3 is 2.39 bits per heavy atom. The molecule has 2 saturated heterocycles. The first kappa shape index (κ1) is 18.8. The monoisotopic (exact) mass is 444 g/mol. The summed E-state index contributed by atoms with van der Waals surface area (Å²) in [5.74, 6) is 1.62. The molecule has 0 amide bonds. The Labute approximate surface area is 159 Å². The number of nitrogens with one attached hydrogen (secondary N) is 1. The zero-order chi connectivity index (χ0) is 16.7. The number of fused-ring (bicyclic) bond motifs is 4. The van der Waals surface area contributed by atoms with Crippen molar-refractivity contribution in [1.82, 2.24) is 15.3 Å². The van der Waals surface area contributed by atoms with Crippen LogP contribution in [0.1, 0.15) is 38.3 Å². The third-order valence-corrected chi connectivity index (χ3v) is 4.92. The Hall–Kier alpha value is -0.491. The standard InChI is InChI=1S/C16H22N4S.BrH.Cu/c1-12(15-4-2-3-9-17-15)18-19-16(21)20-10-13-5-6-14(11-20)8-7-13;;/h2-4,9,13-14H,5-8,10-11H2,1H3,(H,19,21);1H;/q;;+2/p-1. The van der Waals surface area contributed by atoms with Crippen molar-refractivity contribution in [2.75, 3.05) is 13.1 Å². The van der Waals surface area contributed by atoms with Crippen LogP contribution in [-0.2, 0) is 14.2 Å². The molecule has 129 valence electrons. The van der Waals surface area contributed by atoms with E-state index in [0.29, 0.717) is 0 Å². The van der Waals surface area contributed by atoms with Gasteiger partial charge in [-0.15, -0.1) is 0 Å². The summed E-state index contributed by atoms with van der Waals surface area (Å²) in [7, 11) is 0. The first-order valence-corrected chi connectivity index (χ1v) is 10.6. The summed E-state index contributed by atoms with van der Waals surface area (Å²) in [6.07, 6.45) is 7.22. The van der Waals surface area contributed by atoms with Gasteiger partial charge < -0.3 is 4.90 Å². The number of hydrogen-bond donors (Lipinski definition) is 1. The second kappa shape index (κ2) is 9.72. The Kier molecular flexibility index (Phi) is 7.96. The quantitative estimate of drug-likeness (QED) is 0.326. The van der Waals surface area contributed by atoms with Crippen LogP contribution < -0.4 is 5.43 Å². The SMILES string of the molecule is CC(=NNC(=S)N1CC2CCC(CC2)C1)c1ccccn1.[Cu+][Br]. The number of hydrogen-bond acceptors (Lipinski definition) is 3. The average molecular weight is 446 g/mol. The van der Waals surface area contributed by atoms with Crippen LogP contribution in [0.15, 0.2) is 29.5 Å². The average Bonchev–Trinajstić information content (AvgIpc) is 2.96. The van der Waals surface area contributed by atoms with Gasteiger partial charge in [0.15, 0.2) is 5.11 Å². The summed E-state index contributed by atoms with van der Waals surface area (Å²) in [5.41, 5.74) is 4.79. The van der Waals surface area contributed by atoms with Gasteiger partial charge in [-0.05, 0) is 68.8 Å². The molecule has 4 nitrogen and oxygen atoms in total. The van der Waals surface area contributed by atoms with Crippen molar-refractivity contribution in [2.24, 2.45) is 16.9 Å². The van der Waals surface area contributed by atoms with Crippen LogP contribution in [0.4, 0.5) is 0 Å². The maximum atomic E-state index is 5.52. The van der Waals surface area contributed by atoms with Crippen molar-refractivity contribution in [1.29, 1.82) is 0 Å². The van der Waals surface area contributed by atoms with Crippen molar-refractivity contribution in [2.45, 2.75) is 32.6 Å². The molecule has 1 aromatic rings. The first-order valence-electron chi connectivity index (χ1n) is 7.84. The van der Waals surface area contributed by atoms with Crippen LogP contribution in [0.2, 0.25) is 0 Å². The van der Waals surface area contributed by atoms with Crippen molar-refractivity contribution < 1.29 is 14.2 Å². The Bertz CT molecular complexity index is 518. The molecule has 0 radical (unpaired) electrons. The molecule has 0 aromatic carbocycles. The summed E-state index contributed by atoms with van der Waals surface area (Å²) >= 11 is 12.0. The predicted octanol–water partition coefficient (Wildman–Crippen LogP) is 3.65. The van der Waals surface area contributed by atoms with Crippen molar-refractivity contribution in [3.05, 3.63) is 30.1 Å². The second-order valence-electron chi connectivity index (χ2n) is 6.12. The van der Waals surface area contributed by atoms with Gasteiger partial charge in [0, 0.05) is 19.3 Å². The second-order valence-corrected chi connectivity index (χ2v) is 6.51. The van der Waals surface area contributed by atoms with Gasteiger partial charge in [-0.1, -0.05) is 6.07 Å². The normalized spacial score (nSPS) is 23.7. The van der Waals surface area contributed by atoms with Crippen LogP contribution in [-0.4, -0.2) is 33.8 Å². The van der Waals surface area contributed by atoms with E-state index in [4.69, 9.17) is 12.2 Å². The molecule has 4 rings (SSSR count). The summed E-state index contributed by atoms with van der Waals surface area (Å²) in [6, 6.07) is 5.82. The maximum absolute atomic E-state index is 5.52. The van der Waals surface area contributed by atoms with E-state index in [1.165, 1.54) is 25.7 Å². The summed E-state index contributed by atoms with van der Waals surface area (Å²) in [4.78, 5) is 6.60. The van der Waals surface area contributed by atoms with Gasteiger partial charge in [0.25, 0.3) is 0 Å². The van der Waals surface area contributed by atoms with Crippen LogP contribution in [0, 0.1) is 11.8 Å². The van der Waals surface area contributed by atoms with E-state index in [1.54, 1.807) is 6.20 Å². The molecule has 0 atom stereocenters. The molecule has 1 aliphatic carbocycles. The molecule has 1 aromatic heterocycles. The number of pyridine rings is 1. The Morgan fingerprint density at radius 2 is 1.87 bits per heavy atom. The molecule has 2 aliphatic heterocycles. The number of thiocarbonyl (C=S) groups is 1. The van der Waals surface area contributed by atoms with E-state index in [2.05, 4.69) is 48.7 Å². The molecule has 7 heteroatoms. The molecule has 3 heterocycles. The van der Waals surface area contributed by atoms with E-state index < -0.39 is 0 Å². The third-order valence-electron chi connectivity index (χ3n) is 4.57. The van der Waals surface area contributed by atoms with E-state index in [1.807, 2.05) is 25.1 Å². The van der Waals surface area contributed by atoms with E-state index in [0.717, 1.165) is 41.4 Å². The topological polar surface area (TPSA) is 40.5 Å². The fraction of sp³-hybridized carbons (Fsp3) is 0.562. The molecule has 3 fully saturated rings. The van der Waals surface area contributed by atoms with E-state index in [-0.39, 0.29) is 0 Å². The minimum atomic E-state index is 0.754. The predicted molar refractivity (Wildman–Crippen MR) is 98.1 cm³/mol. The van der Waals surface area contributed by atoms with Gasteiger partial charge in [-0.2, -0.15) is 5.10 Å². The van der Waals surface area contributed by atoms with Crippen LogP contribution >= 0.6 is 26.3 Å². The molecular formula is C16H22BrCuN4S+. The summed E-state index contributed by atoms with van der Waals surface area (Å²) < 4.78 is 0. The van der Waals surface area contributed by atoms with Gasteiger partial charge in [-0.3, -0.25) is 10.4 Å². The van der Waals surface area contributed by atoms with Crippen molar-refractivity contribution in [3.63, 3.8) is 0 Å². The minimum absolute atomic E-state index is 0.754. The number of rotatable bonds is 2. The Balaban J connectivity index is 0.000000924. The summed E-state index contributed by atoms with van der Waals surface area (Å²) in [5, 5.41) is 5.15. The first-order chi connectivity index (χ1) is 11.2. The fourth-order valence-corrected chi connectivity index (χ4v) is 3.49.